The molecule has 4 rings (SSSR count). The van der Waals surface area contributed by atoms with Gasteiger partial charge >= 0.3 is 0 Å². The number of benzene rings is 2. The van der Waals surface area contributed by atoms with E-state index < -0.39 is 15.6 Å². The molecule has 2 aliphatic heterocycles. The number of rotatable bonds is 4. The van der Waals surface area contributed by atoms with Crippen LogP contribution in [0.25, 0.3) is 0 Å². The zero-order valence-electron chi connectivity index (χ0n) is 16.7. The molecule has 0 N–H and O–H groups in total. The van der Waals surface area contributed by atoms with Gasteiger partial charge in [0.05, 0.1) is 35.6 Å². The van der Waals surface area contributed by atoms with Crippen molar-refractivity contribution in [3.8, 4) is 17.2 Å². The quantitative estimate of drug-likeness (QED) is 0.643. The molecule has 160 valence electrons. The van der Waals surface area contributed by atoms with E-state index in [1.165, 1.54) is 17.5 Å². The fourth-order valence-corrected chi connectivity index (χ4v) is 6.13. The lowest BCUT2D eigenvalue weighted by Gasteiger charge is -2.43. The van der Waals surface area contributed by atoms with Crippen LogP contribution in [-0.4, -0.2) is 51.4 Å². The molecule has 0 atom stereocenters. The Hall–Kier alpha value is -2.10. The van der Waals surface area contributed by atoms with Gasteiger partial charge in [-0.15, -0.1) is 0 Å². The second-order valence-corrected chi connectivity index (χ2v) is 10.2. The molecule has 1 spiro atoms. The first-order valence-corrected chi connectivity index (χ1v) is 11.8. The highest BCUT2D eigenvalue weighted by atomic mass is 79.9. The second kappa shape index (κ2) is 7.86. The van der Waals surface area contributed by atoms with Gasteiger partial charge in [-0.3, -0.25) is 4.79 Å². The highest BCUT2D eigenvalue weighted by Crippen LogP contribution is 2.41. The van der Waals surface area contributed by atoms with Crippen molar-refractivity contribution in [2.24, 2.45) is 0 Å². The van der Waals surface area contributed by atoms with Gasteiger partial charge in [-0.1, -0.05) is 0 Å². The number of halogens is 1. The third kappa shape index (κ3) is 3.70. The Kier molecular flexibility index (Phi) is 5.54. The summed E-state index contributed by atoms with van der Waals surface area (Å²) in [5, 5.41) is 0. The van der Waals surface area contributed by atoms with Crippen molar-refractivity contribution in [2.75, 3.05) is 27.3 Å². The van der Waals surface area contributed by atoms with Crippen molar-refractivity contribution in [1.29, 1.82) is 0 Å². The number of hydrogen-bond donors (Lipinski definition) is 0. The Bertz CT molecular complexity index is 1090. The number of Topliss-reactive ketones (excluding diaryl/α,β-unsaturated/α-hetero) is 1. The molecule has 0 radical (unpaired) electrons. The Morgan fingerprint density at radius 3 is 2.43 bits per heavy atom. The predicted octanol–water partition coefficient (Wildman–Crippen LogP) is 3.66. The van der Waals surface area contributed by atoms with Crippen LogP contribution >= 0.6 is 15.9 Å². The van der Waals surface area contributed by atoms with Crippen LogP contribution in [0.1, 0.15) is 29.6 Å². The zero-order chi connectivity index (χ0) is 21.5. The van der Waals surface area contributed by atoms with E-state index in [1.54, 1.807) is 37.4 Å². The van der Waals surface area contributed by atoms with Gasteiger partial charge < -0.3 is 14.2 Å². The number of carbonyl (C=O) groups is 1. The fraction of sp³-hybridized carbons (Fsp3) is 0.381. The van der Waals surface area contributed by atoms with Gasteiger partial charge in [-0.05, 0) is 46.3 Å². The lowest BCUT2D eigenvalue weighted by atomic mass is 9.83. The third-order valence-electron chi connectivity index (χ3n) is 5.69. The monoisotopic (exact) mass is 495 g/mol. The number of carbonyl (C=O) groups excluding carboxylic acids is 1. The topological polar surface area (TPSA) is 82.1 Å². The van der Waals surface area contributed by atoms with E-state index in [-0.39, 0.29) is 30.2 Å². The van der Waals surface area contributed by atoms with Crippen molar-refractivity contribution >= 4 is 31.7 Å². The first-order chi connectivity index (χ1) is 14.3. The number of fused-ring (bicyclic) bond motifs is 1. The van der Waals surface area contributed by atoms with Crippen LogP contribution in [0.5, 0.6) is 17.2 Å². The molecule has 1 saturated heterocycles. The molecule has 7 nitrogen and oxygen atoms in total. The summed E-state index contributed by atoms with van der Waals surface area (Å²) >= 11 is 3.34. The van der Waals surface area contributed by atoms with Crippen LogP contribution in [0.2, 0.25) is 0 Å². The fourth-order valence-electron chi connectivity index (χ4n) is 3.97. The lowest BCUT2D eigenvalue weighted by molar-refractivity contribution is 0.00578. The first kappa shape index (κ1) is 21.1. The van der Waals surface area contributed by atoms with Gasteiger partial charge in [0, 0.05) is 32.0 Å². The van der Waals surface area contributed by atoms with Gasteiger partial charge in [-0.25, -0.2) is 8.42 Å². The van der Waals surface area contributed by atoms with E-state index in [2.05, 4.69) is 15.9 Å². The van der Waals surface area contributed by atoms with Crippen molar-refractivity contribution in [2.45, 2.75) is 29.8 Å². The number of piperidine rings is 1. The third-order valence-corrected chi connectivity index (χ3v) is 8.21. The van der Waals surface area contributed by atoms with E-state index in [9.17, 15) is 13.2 Å². The number of hydrogen-bond acceptors (Lipinski definition) is 6. The summed E-state index contributed by atoms with van der Waals surface area (Å²) in [6.07, 6.45) is 1.12. The lowest BCUT2D eigenvalue weighted by Crippen LogP contribution is -2.52. The number of ether oxygens (including phenoxy) is 3. The summed E-state index contributed by atoms with van der Waals surface area (Å²) < 4.78 is 44.9. The van der Waals surface area contributed by atoms with Crippen LogP contribution in [0.4, 0.5) is 0 Å². The second-order valence-electron chi connectivity index (χ2n) is 7.45. The molecule has 0 amide bonds. The summed E-state index contributed by atoms with van der Waals surface area (Å²) in [4.78, 5) is 12.9. The largest absolute Gasteiger partial charge is 0.497 e. The highest BCUT2D eigenvalue weighted by Gasteiger charge is 2.45. The maximum atomic E-state index is 13.1. The van der Waals surface area contributed by atoms with Crippen LogP contribution in [0.15, 0.2) is 45.8 Å². The predicted molar refractivity (Wildman–Crippen MR) is 114 cm³/mol. The van der Waals surface area contributed by atoms with Crippen LogP contribution in [-0.2, 0) is 10.0 Å². The Balaban J connectivity index is 1.53. The highest BCUT2D eigenvalue weighted by molar-refractivity contribution is 9.10. The van der Waals surface area contributed by atoms with Gasteiger partial charge in [0.2, 0.25) is 10.0 Å². The molecule has 1 fully saturated rings. The normalized spacial score (nSPS) is 18.6. The Morgan fingerprint density at radius 1 is 1.07 bits per heavy atom. The van der Waals surface area contributed by atoms with Crippen molar-refractivity contribution in [1.82, 2.24) is 4.31 Å². The molecular weight excluding hydrogens is 474 g/mol. The standard InChI is InChI=1S/C21H22BrNO6S/c1-27-14-3-5-16-18(24)13-21(29-20(16)11-14)7-9-23(10-8-21)30(25,26)15-4-6-19(28-2)17(22)12-15/h3-6,11-12H,7-10,13H2,1-2H3. The summed E-state index contributed by atoms with van der Waals surface area (Å²) in [5.74, 6) is 1.69. The molecule has 2 aromatic carbocycles. The molecular formula is C21H22BrNO6S. The molecule has 2 aromatic rings. The maximum Gasteiger partial charge on any atom is 0.243 e. The van der Waals surface area contributed by atoms with Gasteiger partial charge in [0.1, 0.15) is 22.8 Å². The molecule has 0 unspecified atom stereocenters. The average molecular weight is 496 g/mol. The molecule has 0 bridgehead atoms. The smallest absolute Gasteiger partial charge is 0.243 e. The van der Waals surface area contributed by atoms with Crippen LogP contribution in [0.3, 0.4) is 0 Å². The minimum Gasteiger partial charge on any atom is -0.497 e. The van der Waals surface area contributed by atoms with Crippen LogP contribution < -0.4 is 14.2 Å². The molecule has 0 saturated carbocycles. The first-order valence-electron chi connectivity index (χ1n) is 9.52. The van der Waals surface area contributed by atoms with Gasteiger partial charge in [-0.2, -0.15) is 4.31 Å². The number of ketones is 1. The average Bonchev–Trinajstić information content (AvgIpc) is 2.73. The van der Waals surface area contributed by atoms with E-state index in [1.807, 2.05) is 0 Å². The van der Waals surface area contributed by atoms with Crippen molar-refractivity contribution in [3.63, 3.8) is 0 Å². The number of methoxy groups -OCH3 is 2. The van der Waals surface area contributed by atoms with Crippen LogP contribution in [0, 0.1) is 0 Å². The minimum absolute atomic E-state index is 0.00861. The van der Waals surface area contributed by atoms with Gasteiger partial charge in [0.25, 0.3) is 0 Å². The Morgan fingerprint density at radius 2 is 1.80 bits per heavy atom. The molecule has 0 aliphatic carbocycles. The number of sulfonamides is 1. The SMILES string of the molecule is COc1ccc2c(c1)OC1(CCN(S(=O)(=O)c3ccc(OC)c(Br)c3)CC1)CC2=O. The Labute approximate surface area is 184 Å². The molecule has 2 heterocycles. The maximum absolute atomic E-state index is 13.1. The van der Waals surface area contributed by atoms with Gasteiger partial charge in [0.15, 0.2) is 5.78 Å². The summed E-state index contributed by atoms with van der Waals surface area (Å²) in [6.45, 7) is 0.553. The van der Waals surface area contributed by atoms with E-state index in [0.717, 1.165) is 0 Å². The molecule has 2 aliphatic rings. The van der Waals surface area contributed by atoms with E-state index in [4.69, 9.17) is 14.2 Å². The van der Waals surface area contributed by atoms with Crippen molar-refractivity contribution < 1.29 is 27.4 Å². The van der Waals surface area contributed by atoms with E-state index >= 15 is 0 Å². The number of nitrogens with zero attached hydrogens (tertiary/aromatic N) is 1. The molecule has 0 aromatic heterocycles. The summed E-state index contributed by atoms with van der Waals surface area (Å²) in [6, 6.07) is 9.86. The minimum atomic E-state index is -3.66. The molecule has 9 heteroatoms. The zero-order valence-corrected chi connectivity index (χ0v) is 19.1. The molecule has 30 heavy (non-hydrogen) atoms. The summed E-state index contributed by atoms with van der Waals surface area (Å²) in [7, 11) is -0.578. The van der Waals surface area contributed by atoms with E-state index in [0.29, 0.717) is 40.1 Å². The summed E-state index contributed by atoms with van der Waals surface area (Å²) in [5.41, 5.74) is -0.150. The van der Waals surface area contributed by atoms with Crippen molar-refractivity contribution in [3.05, 3.63) is 46.4 Å².